The maximum Gasteiger partial charge on any atom is 0.244 e. The maximum atomic E-state index is 12.9. The summed E-state index contributed by atoms with van der Waals surface area (Å²) in [5.74, 6) is 0.763. The standard InChI is InChI=1S/C27H27ClN4O5S/c28-24-15-20(19-2-5-23(6-3-19)38(34,35)32-9-11-36-12-10-32)13-21-14-22(37-27(21)24)4-8-26(33)31-17-18-1-7-25(29)30-16-18/h1-8,13,15-16,22H,9-12,14,17H2,(H2,29,30)(H,31,33). The maximum absolute atomic E-state index is 12.9. The van der Waals surface area contributed by atoms with Crippen LogP contribution in [-0.2, 0) is 32.5 Å². The van der Waals surface area contributed by atoms with Gasteiger partial charge in [-0.2, -0.15) is 4.31 Å². The molecule has 0 spiro atoms. The summed E-state index contributed by atoms with van der Waals surface area (Å²) >= 11 is 6.53. The fourth-order valence-electron chi connectivity index (χ4n) is 4.36. The lowest BCUT2D eigenvalue weighted by Gasteiger charge is -2.26. The Bertz CT molecular complexity index is 1450. The Morgan fingerprint density at radius 1 is 1.13 bits per heavy atom. The van der Waals surface area contributed by atoms with E-state index in [1.807, 2.05) is 6.07 Å². The number of hydrogen-bond donors (Lipinski definition) is 2. The van der Waals surface area contributed by atoms with Gasteiger partial charge in [-0.3, -0.25) is 4.79 Å². The lowest BCUT2D eigenvalue weighted by atomic mass is 10.0. The molecule has 11 heteroatoms. The number of aromatic nitrogens is 1. The van der Waals surface area contributed by atoms with Crippen molar-refractivity contribution in [2.45, 2.75) is 24.0 Å². The van der Waals surface area contributed by atoms with Gasteiger partial charge >= 0.3 is 0 Å². The molecule has 1 aromatic heterocycles. The average Bonchev–Trinajstić information content (AvgIpc) is 3.36. The lowest BCUT2D eigenvalue weighted by molar-refractivity contribution is -0.116. The zero-order valence-corrected chi connectivity index (χ0v) is 22.0. The van der Waals surface area contributed by atoms with E-state index in [9.17, 15) is 13.2 Å². The van der Waals surface area contributed by atoms with E-state index in [0.29, 0.717) is 55.9 Å². The molecule has 1 saturated heterocycles. The number of nitrogens with one attached hydrogen (secondary N) is 1. The number of ether oxygens (including phenoxy) is 2. The number of carbonyl (C=O) groups excluding carboxylic acids is 1. The molecule has 198 valence electrons. The highest BCUT2D eigenvalue weighted by Gasteiger charge is 2.27. The third-order valence-electron chi connectivity index (χ3n) is 6.38. The average molecular weight is 555 g/mol. The van der Waals surface area contributed by atoms with Crippen LogP contribution >= 0.6 is 11.6 Å². The smallest absolute Gasteiger partial charge is 0.244 e. The predicted octanol–water partition coefficient (Wildman–Crippen LogP) is 3.18. The number of benzene rings is 2. The molecular formula is C27H27ClN4O5S. The molecule has 0 aliphatic carbocycles. The minimum Gasteiger partial charge on any atom is -0.484 e. The number of anilines is 1. The molecule has 2 aliphatic rings. The molecule has 3 heterocycles. The quantitative estimate of drug-likeness (QED) is 0.430. The van der Waals surface area contributed by atoms with Crippen LogP contribution in [0.25, 0.3) is 11.1 Å². The van der Waals surface area contributed by atoms with Crippen LogP contribution in [-0.4, -0.2) is 56.0 Å². The van der Waals surface area contributed by atoms with E-state index in [-0.39, 0.29) is 16.9 Å². The summed E-state index contributed by atoms with van der Waals surface area (Å²) in [6.45, 7) is 1.83. The van der Waals surface area contributed by atoms with Crippen molar-refractivity contribution in [2.75, 3.05) is 32.0 Å². The van der Waals surface area contributed by atoms with E-state index in [0.717, 1.165) is 22.3 Å². The van der Waals surface area contributed by atoms with Crippen LogP contribution in [0.3, 0.4) is 0 Å². The van der Waals surface area contributed by atoms with E-state index in [2.05, 4.69) is 10.3 Å². The molecule has 38 heavy (non-hydrogen) atoms. The minimum absolute atomic E-state index is 0.245. The first-order chi connectivity index (χ1) is 18.3. The molecule has 0 radical (unpaired) electrons. The third-order valence-corrected chi connectivity index (χ3v) is 8.58. The molecule has 1 fully saturated rings. The van der Waals surface area contributed by atoms with Gasteiger partial charge in [-0.05, 0) is 53.1 Å². The molecular weight excluding hydrogens is 528 g/mol. The van der Waals surface area contributed by atoms with Crippen molar-refractivity contribution in [1.29, 1.82) is 0 Å². The summed E-state index contributed by atoms with van der Waals surface area (Å²) in [7, 11) is -3.56. The number of rotatable bonds is 7. The van der Waals surface area contributed by atoms with Crippen LogP contribution in [0.1, 0.15) is 11.1 Å². The molecule has 1 atom stereocenters. The number of morpholine rings is 1. The van der Waals surface area contributed by atoms with E-state index < -0.39 is 10.0 Å². The van der Waals surface area contributed by atoms with Crippen molar-refractivity contribution in [3.8, 4) is 16.9 Å². The largest absolute Gasteiger partial charge is 0.484 e. The summed E-state index contributed by atoms with van der Waals surface area (Å²) in [6.07, 6.45) is 4.99. The molecule has 3 N–H and O–H groups in total. The normalized spacial score (nSPS) is 17.8. The zero-order chi connectivity index (χ0) is 26.7. The van der Waals surface area contributed by atoms with E-state index in [1.165, 1.54) is 10.4 Å². The molecule has 1 unspecified atom stereocenters. The Kier molecular flexibility index (Phi) is 7.66. The van der Waals surface area contributed by atoms with Crippen LogP contribution in [0.2, 0.25) is 5.02 Å². The minimum atomic E-state index is -3.56. The van der Waals surface area contributed by atoms with Crippen molar-refractivity contribution >= 4 is 33.3 Å². The van der Waals surface area contributed by atoms with Gasteiger partial charge in [0.25, 0.3) is 0 Å². The van der Waals surface area contributed by atoms with E-state index >= 15 is 0 Å². The second-order valence-corrected chi connectivity index (χ2v) is 11.4. The summed E-state index contributed by atoms with van der Waals surface area (Å²) < 4.78 is 38.5. The van der Waals surface area contributed by atoms with Gasteiger partial charge < -0.3 is 20.5 Å². The van der Waals surface area contributed by atoms with Crippen LogP contribution in [0.4, 0.5) is 5.82 Å². The highest BCUT2D eigenvalue weighted by molar-refractivity contribution is 7.89. The summed E-state index contributed by atoms with van der Waals surface area (Å²) in [5, 5.41) is 3.26. The van der Waals surface area contributed by atoms with Gasteiger partial charge in [0.15, 0.2) is 0 Å². The van der Waals surface area contributed by atoms with Crippen molar-refractivity contribution in [1.82, 2.24) is 14.6 Å². The number of nitrogens with two attached hydrogens (primary N) is 1. The van der Waals surface area contributed by atoms with Crippen LogP contribution in [0.15, 0.2) is 71.8 Å². The third kappa shape index (κ3) is 5.83. The van der Waals surface area contributed by atoms with Crippen LogP contribution < -0.4 is 15.8 Å². The molecule has 1 amide bonds. The van der Waals surface area contributed by atoms with Gasteiger partial charge in [0.1, 0.15) is 17.7 Å². The molecule has 2 aromatic carbocycles. The first-order valence-corrected chi connectivity index (χ1v) is 14.0. The first kappa shape index (κ1) is 26.2. The highest BCUT2D eigenvalue weighted by Crippen LogP contribution is 2.40. The number of amides is 1. The monoisotopic (exact) mass is 554 g/mol. The number of hydrogen-bond acceptors (Lipinski definition) is 7. The second kappa shape index (κ2) is 11.1. The number of nitrogens with zero attached hydrogens (tertiary/aromatic N) is 2. The second-order valence-electron chi connectivity index (χ2n) is 9.02. The summed E-state index contributed by atoms with van der Waals surface area (Å²) in [6, 6.07) is 14.0. The number of sulfonamides is 1. The van der Waals surface area contributed by atoms with Crippen LogP contribution in [0, 0.1) is 0 Å². The van der Waals surface area contributed by atoms with Gasteiger partial charge in [-0.15, -0.1) is 0 Å². The molecule has 0 saturated carbocycles. The van der Waals surface area contributed by atoms with Gasteiger partial charge in [0.2, 0.25) is 15.9 Å². The number of carbonyl (C=O) groups is 1. The van der Waals surface area contributed by atoms with E-state index in [1.54, 1.807) is 54.7 Å². The summed E-state index contributed by atoms with van der Waals surface area (Å²) in [4.78, 5) is 16.5. The molecule has 0 bridgehead atoms. The van der Waals surface area contributed by atoms with Crippen molar-refractivity contribution < 1.29 is 22.7 Å². The van der Waals surface area contributed by atoms with Crippen molar-refractivity contribution in [3.05, 3.63) is 83.0 Å². The van der Waals surface area contributed by atoms with Gasteiger partial charge in [-0.1, -0.05) is 29.8 Å². The zero-order valence-electron chi connectivity index (χ0n) is 20.5. The van der Waals surface area contributed by atoms with Crippen molar-refractivity contribution in [3.63, 3.8) is 0 Å². The van der Waals surface area contributed by atoms with Gasteiger partial charge in [0, 0.05) is 43.9 Å². The Hall–Kier alpha value is -3.44. The Labute approximate surface area is 226 Å². The predicted molar refractivity (Wildman–Crippen MR) is 144 cm³/mol. The lowest BCUT2D eigenvalue weighted by Crippen LogP contribution is -2.40. The summed E-state index contributed by atoms with van der Waals surface area (Å²) in [5.41, 5.74) is 9.03. The number of fused-ring (bicyclic) bond motifs is 1. The number of pyridine rings is 1. The first-order valence-electron chi connectivity index (χ1n) is 12.1. The van der Waals surface area contributed by atoms with E-state index in [4.69, 9.17) is 26.8 Å². The van der Waals surface area contributed by atoms with Gasteiger partial charge in [0.05, 0.1) is 23.1 Å². The molecule has 5 rings (SSSR count). The Morgan fingerprint density at radius 2 is 1.89 bits per heavy atom. The number of nitrogen functional groups attached to an aromatic ring is 1. The van der Waals surface area contributed by atoms with Gasteiger partial charge in [-0.25, -0.2) is 13.4 Å². The SMILES string of the molecule is Nc1ccc(CNC(=O)C=CC2Cc3cc(-c4ccc(S(=O)(=O)N5CCOCC5)cc4)cc(Cl)c3O2)cn1. The van der Waals surface area contributed by atoms with Crippen molar-refractivity contribution in [2.24, 2.45) is 0 Å². The molecule has 9 nitrogen and oxygen atoms in total. The fourth-order valence-corrected chi connectivity index (χ4v) is 6.05. The highest BCUT2D eigenvalue weighted by atomic mass is 35.5. The molecule has 3 aromatic rings. The Morgan fingerprint density at radius 3 is 2.61 bits per heavy atom. The fraction of sp³-hybridized carbons (Fsp3) is 0.259. The molecule has 2 aliphatic heterocycles. The Balaban J connectivity index is 1.23. The topological polar surface area (TPSA) is 124 Å². The number of halogens is 1. The van der Waals surface area contributed by atoms with Crippen LogP contribution in [0.5, 0.6) is 5.75 Å².